The largest absolute Gasteiger partial charge is 1.00 e. The van der Waals surface area contributed by atoms with Gasteiger partial charge in [0.05, 0.1) is 72.0 Å². The molecule has 12 N–H and O–H groups in total. The van der Waals surface area contributed by atoms with Crippen LogP contribution in [-0.4, -0.2) is 250 Å². The maximum absolute atomic E-state index is 10.5. The van der Waals surface area contributed by atoms with Gasteiger partial charge in [0.1, 0.15) is 13.1 Å². The number of carboxylic acid groups (broad SMARTS) is 3. The molecule has 0 spiro atoms. The Balaban J connectivity index is -0.000000124. The molecule has 47 heavy (non-hydrogen) atoms. The predicted octanol–water partition coefficient (Wildman–Crippen LogP) is -11.4. The molecule has 0 aromatic rings. The van der Waals surface area contributed by atoms with E-state index in [0.29, 0.717) is 58.9 Å². The van der Waals surface area contributed by atoms with Crippen molar-refractivity contribution in [3.05, 3.63) is 0 Å². The average Bonchev–Trinajstić information content (AvgIpc) is 2.94. The van der Waals surface area contributed by atoms with Gasteiger partial charge in [-0.1, -0.05) is 0 Å². The van der Waals surface area contributed by atoms with Gasteiger partial charge in [-0.25, -0.2) is 9.59 Å². The first-order valence-corrected chi connectivity index (χ1v) is 14.6. The molecule has 0 saturated carbocycles. The Bertz CT molecular complexity index is 584. The molecule has 0 fully saturated rings. The van der Waals surface area contributed by atoms with Gasteiger partial charge in [0.2, 0.25) is 0 Å². The Labute approximate surface area is 319 Å². The van der Waals surface area contributed by atoms with Crippen molar-refractivity contribution in [2.24, 2.45) is 0 Å². The molecule has 0 aliphatic heterocycles. The second-order valence-electron chi connectivity index (χ2n) is 9.46. The molecule has 0 rings (SSSR count). The maximum atomic E-state index is 10.5. The number of nitrogens with zero attached hydrogens (tertiary/aromatic N) is 4. The van der Waals surface area contributed by atoms with Crippen LogP contribution >= 0.6 is 0 Å². The number of carbonyl (C=O) groups excluding carboxylic acids is 1. The molecule has 0 atom stereocenters. The summed E-state index contributed by atoms with van der Waals surface area (Å²) in [4.78, 5) is 36.9. The van der Waals surface area contributed by atoms with E-state index in [0.717, 1.165) is 0 Å². The summed E-state index contributed by atoms with van der Waals surface area (Å²) in [6.45, 7) is 2.33. The maximum Gasteiger partial charge on any atom is 1.00 e. The van der Waals surface area contributed by atoms with Crippen molar-refractivity contribution in [1.82, 2.24) is 14.7 Å². The van der Waals surface area contributed by atoms with E-state index in [9.17, 15) is 19.5 Å². The number of rotatable bonds is 26. The first-order chi connectivity index (χ1) is 21.8. The van der Waals surface area contributed by atoms with Crippen LogP contribution in [0.15, 0.2) is 0 Å². The van der Waals surface area contributed by atoms with Gasteiger partial charge in [-0.05, 0) is 0 Å². The van der Waals surface area contributed by atoms with E-state index in [-0.39, 0.29) is 119 Å². The summed E-state index contributed by atoms with van der Waals surface area (Å²) < 4.78 is -0.774. The molecule has 0 aromatic carbocycles. The van der Waals surface area contributed by atoms with E-state index < -0.39 is 48.6 Å². The van der Waals surface area contributed by atoms with Gasteiger partial charge in [0, 0.05) is 58.9 Å². The molecule has 0 aliphatic rings. The van der Waals surface area contributed by atoms with Gasteiger partial charge in [0.15, 0.2) is 13.1 Å². The summed E-state index contributed by atoms with van der Waals surface area (Å²) in [7, 11) is 0. The van der Waals surface area contributed by atoms with E-state index in [1.807, 2.05) is 0 Å². The van der Waals surface area contributed by atoms with Crippen molar-refractivity contribution in [3.8, 4) is 0 Å². The van der Waals surface area contributed by atoms with Crippen LogP contribution in [0, 0.1) is 0 Å². The number of aliphatic carboxylic acids is 3. The quantitative estimate of drug-likeness (QED) is 0.0291. The van der Waals surface area contributed by atoms with E-state index in [4.69, 9.17) is 61.3 Å². The minimum atomic E-state index is -1.56. The van der Waals surface area contributed by atoms with E-state index >= 15 is 0 Å². The minimum absolute atomic E-state index is 0. The molecule has 0 radical (unpaired) electrons. The average molecular weight is 723 g/mol. The van der Waals surface area contributed by atoms with Crippen molar-refractivity contribution in [2.75, 3.05) is 151 Å². The summed E-state index contributed by atoms with van der Waals surface area (Å²) in [6, 6.07) is 0. The normalized spacial score (nSPS) is 10.7. The monoisotopic (exact) mass is 722 g/mol. The summed E-state index contributed by atoms with van der Waals surface area (Å²) in [5.74, 6) is -4.23. The van der Waals surface area contributed by atoms with Crippen molar-refractivity contribution in [1.29, 1.82) is 0 Å². The molecule has 0 aromatic heterocycles. The Morgan fingerprint density at radius 3 is 0.787 bits per heavy atom. The third-order valence-electron chi connectivity index (χ3n) is 5.73. The second-order valence-corrected chi connectivity index (χ2v) is 9.46. The summed E-state index contributed by atoms with van der Waals surface area (Å²) in [6.07, 6.45) is 0. The third-order valence-corrected chi connectivity index (χ3v) is 5.73. The number of hydrogen-bond acceptors (Lipinski definition) is 17. The Hall–Kier alpha value is -0.514. The molecule has 0 aliphatic carbocycles. The fourth-order valence-electron chi connectivity index (χ4n) is 3.74. The van der Waals surface area contributed by atoms with Crippen LogP contribution in [0.5, 0.6) is 0 Å². The molecule has 0 unspecified atom stereocenters. The van der Waals surface area contributed by atoms with Crippen LogP contribution in [0.3, 0.4) is 0 Å². The summed E-state index contributed by atoms with van der Waals surface area (Å²) in [5.41, 5.74) is 0. The zero-order chi connectivity index (χ0) is 36.2. The Kier molecular flexibility index (Phi) is 49.5. The molecule has 0 bridgehead atoms. The standard InChI is InChI=1S/C8H13NO7.3C6H15NO3.K.H/c10-2-1-9(3-6(11)12,4-7(13)14)5-8(15)16;3*8-4-1-7(2-5-9)3-6-10;;/h10H,1-5H2,(H2-,11,12,13,14,15,16);3*8-10H,1-6H2;;/q;;;;+1;-1. The first-order valence-electron chi connectivity index (χ1n) is 14.6. The van der Waals surface area contributed by atoms with E-state index in [2.05, 4.69) is 0 Å². The van der Waals surface area contributed by atoms with Gasteiger partial charge in [-0.3, -0.25) is 19.2 Å². The number of carbonyl (C=O) groups is 3. The van der Waals surface area contributed by atoms with E-state index in [1.54, 1.807) is 14.7 Å². The van der Waals surface area contributed by atoms with Gasteiger partial charge < -0.3 is 72.6 Å². The summed E-state index contributed by atoms with van der Waals surface area (Å²) in [5, 5.41) is 113. The predicted molar refractivity (Wildman–Crippen MR) is 161 cm³/mol. The van der Waals surface area contributed by atoms with Crippen molar-refractivity contribution in [2.45, 2.75) is 0 Å². The molecular weight excluding hydrogens is 663 g/mol. The SMILES string of the molecule is O=C([O-])C[N+](CCO)(CC(=O)O)CC(=O)O.OCCN(CCO)CCO.OCCN(CCO)CCO.OCCN(CCO)CCO.[H-].[K+]. The van der Waals surface area contributed by atoms with Gasteiger partial charge >= 0.3 is 63.3 Å². The van der Waals surface area contributed by atoms with Crippen molar-refractivity contribution < 1.29 is 138 Å². The molecule has 280 valence electrons. The molecule has 0 saturated heterocycles. The topological polar surface area (TPSA) is 327 Å². The second kappa shape index (κ2) is 41.7. The zero-order valence-corrected chi connectivity index (χ0v) is 30.7. The number of quaternary nitrogens is 1. The van der Waals surface area contributed by atoms with Crippen LogP contribution in [0.1, 0.15) is 1.43 Å². The zero-order valence-electron chi connectivity index (χ0n) is 28.6. The smallest absolute Gasteiger partial charge is 1.00 e. The van der Waals surface area contributed by atoms with Crippen molar-refractivity contribution in [3.63, 3.8) is 0 Å². The van der Waals surface area contributed by atoms with Crippen LogP contribution in [0.2, 0.25) is 0 Å². The molecule has 0 heterocycles. The number of aliphatic hydroxyl groups is 10. The third kappa shape index (κ3) is 41.6. The van der Waals surface area contributed by atoms with Gasteiger partial charge in [-0.15, -0.1) is 0 Å². The fourth-order valence-corrected chi connectivity index (χ4v) is 3.74. The van der Waals surface area contributed by atoms with Gasteiger partial charge in [-0.2, -0.15) is 0 Å². The van der Waals surface area contributed by atoms with Crippen LogP contribution in [-0.2, 0) is 14.4 Å². The fraction of sp³-hybridized carbons (Fsp3) is 0.885. The molecule has 0 amide bonds. The van der Waals surface area contributed by atoms with Crippen LogP contribution in [0.4, 0.5) is 0 Å². The summed E-state index contributed by atoms with van der Waals surface area (Å²) >= 11 is 0. The van der Waals surface area contributed by atoms with Crippen molar-refractivity contribution >= 4 is 17.9 Å². The molecule has 21 heteroatoms. The Morgan fingerprint density at radius 2 is 0.660 bits per heavy atom. The number of aliphatic hydroxyl groups excluding tert-OH is 10. The van der Waals surface area contributed by atoms with Crippen LogP contribution < -0.4 is 56.5 Å². The van der Waals surface area contributed by atoms with E-state index in [1.165, 1.54) is 0 Å². The first kappa shape index (κ1) is 55.9. The molecule has 20 nitrogen and oxygen atoms in total. The number of carboxylic acids is 3. The van der Waals surface area contributed by atoms with Crippen LogP contribution in [0.25, 0.3) is 0 Å². The minimum Gasteiger partial charge on any atom is -1.00 e. The molecular formula is C26H59KN4O16. The number of hydrogen-bond donors (Lipinski definition) is 12. The Morgan fingerprint density at radius 1 is 0.447 bits per heavy atom. The van der Waals surface area contributed by atoms with Gasteiger partial charge in [0.25, 0.3) is 0 Å².